The third-order valence-electron chi connectivity index (χ3n) is 13.2. The quantitative estimate of drug-likeness (QED) is 0.147. The zero-order chi connectivity index (χ0) is 53.2. The number of hydrogen-bond acceptors (Lipinski definition) is 3. The second-order valence-electron chi connectivity index (χ2n) is 20.8. The van der Waals surface area contributed by atoms with Gasteiger partial charge in [-0.3, -0.25) is 9.55 Å². The fourth-order valence-corrected chi connectivity index (χ4v) is 9.08. The largest absolute Gasteiger partial charge is 0.507 e. The molecule has 0 aliphatic heterocycles. The molecule has 0 fully saturated rings. The Morgan fingerprint density at radius 2 is 1.26 bits per heavy atom. The van der Waals surface area contributed by atoms with E-state index < -0.39 is 13.7 Å². The van der Waals surface area contributed by atoms with Crippen molar-refractivity contribution in [3.05, 3.63) is 191 Å². The summed E-state index contributed by atoms with van der Waals surface area (Å²) < 4.78 is 53.0. The van der Waals surface area contributed by atoms with Crippen molar-refractivity contribution in [1.82, 2.24) is 14.5 Å². The van der Waals surface area contributed by atoms with Crippen LogP contribution in [0.25, 0.3) is 83.9 Å². The summed E-state index contributed by atoms with van der Waals surface area (Å²) in [6.45, 7) is 16.7. The van der Waals surface area contributed by atoms with E-state index in [2.05, 4.69) is 106 Å². The van der Waals surface area contributed by atoms with Gasteiger partial charge in [-0.2, -0.15) is 0 Å². The summed E-state index contributed by atoms with van der Waals surface area (Å²) >= 11 is 0. The van der Waals surface area contributed by atoms with Crippen LogP contribution in [0.1, 0.15) is 123 Å². The smallest absolute Gasteiger partial charge is 0.148 e. The van der Waals surface area contributed by atoms with Gasteiger partial charge in [-0.15, -0.1) is 29.3 Å². The van der Waals surface area contributed by atoms with Crippen LogP contribution < -0.4 is 0 Å². The van der Waals surface area contributed by atoms with E-state index in [0.29, 0.717) is 39.4 Å². The monoisotopic (exact) mass is 1090 g/mol. The van der Waals surface area contributed by atoms with Crippen LogP contribution in [0.15, 0.2) is 152 Å². The standard InChI is InChI=1S/C64H64N3O.Pt/c1-39(2)47-35-53(40(3)4)61(68)56(36-47)62-66-60-52(48-32-49(34-51(33-48)64(10,11)12)57-37-46(29-30-65-57)43-23-21-41(5)22-24-43)19-16-20-58(60)67(62)59-31-42(6)54(38-55(59)44-17-14-13-15-18-44)45-25-27-50(28-26-45)63(7,8)9;/h13-31,33-40,68H,1-12H3;/q-1;/i5D3,6D3;. The molecule has 9 aromatic rings. The summed E-state index contributed by atoms with van der Waals surface area (Å²) in [6, 6.07) is 51.2. The van der Waals surface area contributed by atoms with E-state index >= 15 is 0 Å². The Labute approximate surface area is 433 Å². The number of phenols is 1. The van der Waals surface area contributed by atoms with Crippen molar-refractivity contribution in [2.45, 2.75) is 106 Å². The Hall–Kier alpha value is -6.35. The Bertz CT molecular complexity index is 3540. The molecule has 5 heteroatoms. The zero-order valence-electron chi connectivity index (χ0n) is 47.2. The number of pyridine rings is 1. The van der Waals surface area contributed by atoms with Crippen LogP contribution in [0.5, 0.6) is 5.75 Å². The number of aromatic nitrogens is 3. The number of nitrogens with zero attached hydrogens (tertiary/aromatic N) is 3. The number of aryl methyl sites for hydroxylation is 2. The summed E-state index contributed by atoms with van der Waals surface area (Å²) in [5.74, 6) is 0.704. The summed E-state index contributed by atoms with van der Waals surface area (Å²) in [7, 11) is 0. The Morgan fingerprint density at radius 1 is 0.580 bits per heavy atom. The number of aromatic hydroxyl groups is 1. The Balaban J connectivity index is 0.00000747. The Morgan fingerprint density at radius 3 is 1.91 bits per heavy atom. The fourth-order valence-electron chi connectivity index (χ4n) is 9.08. The maximum atomic E-state index is 12.5. The molecule has 0 atom stereocenters. The first-order valence-electron chi connectivity index (χ1n) is 26.7. The molecule has 0 saturated carbocycles. The molecule has 4 nitrogen and oxygen atoms in total. The molecule has 0 saturated heterocycles. The molecule has 0 bridgehead atoms. The first kappa shape index (κ1) is 41.6. The minimum atomic E-state index is -2.51. The van der Waals surface area contributed by atoms with Crippen LogP contribution in [0.3, 0.4) is 0 Å². The van der Waals surface area contributed by atoms with Crippen molar-refractivity contribution in [3.63, 3.8) is 0 Å². The normalized spacial score (nSPS) is 13.6. The van der Waals surface area contributed by atoms with Gasteiger partial charge in [0.2, 0.25) is 0 Å². The Kier molecular flexibility index (Phi) is 11.6. The average Bonchev–Trinajstić information content (AvgIpc) is 3.74. The first-order chi connectivity index (χ1) is 34.8. The summed E-state index contributed by atoms with van der Waals surface area (Å²) in [4.78, 5) is 10.5. The van der Waals surface area contributed by atoms with Crippen molar-refractivity contribution in [2.24, 2.45) is 0 Å². The molecular weight excluding hydrogens is 1020 g/mol. The van der Waals surface area contributed by atoms with Crippen LogP contribution >= 0.6 is 0 Å². The third kappa shape index (κ3) is 9.79. The first-order valence-corrected chi connectivity index (χ1v) is 23.7. The number of hydrogen-bond donors (Lipinski definition) is 1. The van der Waals surface area contributed by atoms with Gasteiger partial charge in [0, 0.05) is 46.7 Å². The van der Waals surface area contributed by atoms with Crippen LogP contribution in [0.2, 0.25) is 0 Å². The van der Waals surface area contributed by atoms with Crippen LogP contribution in [0.4, 0.5) is 0 Å². The SMILES string of the molecule is [2H]C([2H])([2H])c1ccc(-c2ccnc(-c3[c-]c(-c4cccc5c4nc(-c4cc(C(C)C)cc(C(C)C)c4O)n5-c4cc(C([2H])([2H])[2H])c(-c5ccc(C(C)(C)C)cc5)cc4-c4ccccc4)cc(C(C)(C)C)c3)c2)cc1.[Pt]. The van der Waals surface area contributed by atoms with Gasteiger partial charge in [0.05, 0.1) is 22.3 Å². The molecule has 2 aromatic heterocycles. The molecule has 9 rings (SSSR count). The predicted octanol–water partition coefficient (Wildman–Crippen LogP) is 17.4. The van der Waals surface area contributed by atoms with Crippen molar-refractivity contribution in [1.29, 1.82) is 0 Å². The molecule has 0 aliphatic carbocycles. The van der Waals surface area contributed by atoms with Gasteiger partial charge < -0.3 is 5.11 Å². The van der Waals surface area contributed by atoms with E-state index in [1.165, 1.54) is 0 Å². The van der Waals surface area contributed by atoms with Gasteiger partial charge in [-0.05, 0) is 117 Å². The van der Waals surface area contributed by atoms with E-state index in [1.54, 1.807) is 18.3 Å². The van der Waals surface area contributed by atoms with Gasteiger partial charge in [0.25, 0.3) is 0 Å². The van der Waals surface area contributed by atoms with Crippen LogP contribution in [-0.4, -0.2) is 19.6 Å². The van der Waals surface area contributed by atoms with Gasteiger partial charge in [-0.25, -0.2) is 4.98 Å². The van der Waals surface area contributed by atoms with E-state index in [1.807, 2.05) is 108 Å². The number of phenolic OH excluding ortho intramolecular Hbond substituents is 1. The van der Waals surface area contributed by atoms with Crippen LogP contribution in [0, 0.1) is 19.8 Å². The van der Waals surface area contributed by atoms with E-state index in [9.17, 15) is 5.11 Å². The number of rotatable bonds is 9. The van der Waals surface area contributed by atoms with Crippen molar-refractivity contribution in [3.8, 4) is 78.6 Å². The number of imidazole rings is 1. The van der Waals surface area contributed by atoms with E-state index in [4.69, 9.17) is 18.2 Å². The summed E-state index contributed by atoms with van der Waals surface area (Å²) in [5.41, 5.74) is 14.5. The maximum absolute atomic E-state index is 12.5. The number of para-hydroxylation sites is 1. The molecule has 0 amide bonds. The molecule has 7 aromatic carbocycles. The zero-order valence-corrected chi connectivity index (χ0v) is 43.5. The molecule has 69 heavy (non-hydrogen) atoms. The molecular formula is C64H64N3OPt-. The second kappa shape index (κ2) is 19.2. The van der Waals surface area contributed by atoms with Gasteiger partial charge in [0.1, 0.15) is 11.6 Å². The molecule has 0 radical (unpaired) electrons. The molecule has 2 heterocycles. The van der Waals surface area contributed by atoms with Gasteiger partial charge >= 0.3 is 0 Å². The fraction of sp³-hybridized carbons (Fsp3) is 0.250. The van der Waals surface area contributed by atoms with Gasteiger partial charge in [-0.1, -0.05) is 189 Å². The van der Waals surface area contributed by atoms with Crippen molar-refractivity contribution < 1.29 is 34.4 Å². The topological polar surface area (TPSA) is 50.9 Å². The second-order valence-corrected chi connectivity index (χ2v) is 20.8. The van der Waals surface area contributed by atoms with Gasteiger partial charge in [0.15, 0.2) is 0 Å². The van der Waals surface area contributed by atoms with E-state index in [-0.39, 0.29) is 60.6 Å². The molecule has 0 spiro atoms. The molecule has 0 aliphatic rings. The maximum Gasteiger partial charge on any atom is 0.148 e. The van der Waals surface area contributed by atoms with E-state index in [0.717, 1.165) is 66.8 Å². The average molecular weight is 1090 g/mol. The number of fused-ring (bicyclic) bond motifs is 1. The minimum Gasteiger partial charge on any atom is -0.507 e. The third-order valence-corrected chi connectivity index (χ3v) is 13.2. The molecule has 352 valence electrons. The summed E-state index contributed by atoms with van der Waals surface area (Å²) in [5, 5.41) is 12.5. The van der Waals surface area contributed by atoms with Crippen molar-refractivity contribution >= 4 is 11.0 Å². The molecule has 0 unspecified atom stereocenters. The predicted molar refractivity (Wildman–Crippen MR) is 287 cm³/mol. The van der Waals surface area contributed by atoms with Crippen LogP contribution in [-0.2, 0) is 31.9 Å². The number of benzene rings is 7. The minimum absolute atomic E-state index is 0. The summed E-state index contributed by atoms with van der Waals surface area (Å²) in [6.07, 6.45) is 1.77. The molecule has 1 N–H and O–H groups in total. The van der Waals surface area contributed by atoms with Crippen molar-refractivity contribution in [2.75, 3.05) is 0 Å².